The number of hydrogen-bond acceptors (Lipinski definition) is 8. The first-order chi connectivity index (χ1) is 13.0. The molecule has 11 heteroatoms. The molecule has 2 saturated heterocycles. The van der Waals surface area contributed by atoms with Gasteiger partial charge < -0.3 is 24.8 Å². The minimum Gasteiger partial charge on any atom is -0.383 e. The van der Waals surface area contributed by atoms with Crippen LogP contribution < -0.4 is 11.4 Å². The molecule has 0 aliphatic carbocycles. The van der Waals surface area contributed by atoms with Gasteiger partial charge in [0, 0.05) is 11.8 Å². The molecule has 158 valence electrons. The van der Waals surface area contributed by atoms with Crippen LogP contribution in [-0.4, -0.2) is 57.2 Å². The fourth-order valence-electron chi connectivity index (χ4n) is 3.23. The number of ether oxygens (including phenoxy) is 3. The van der Waals surface area contributed by atoms with Crippen molar-refractivity contribution >= 4 is 13.4 Å². The topological polar surface area (TPSA) is 135 Å². The van der Waals surface area contributed by atoms with Crippen molar-refractivity contribution in [1.29, 1.82) is 0 Å². The second kappa shape index (κ2) is 7.51. The Labute approximate surface area is 163 Å². The molecular formula is C17H28N3O7P. The van der Waals surface area contributed by atoms with Crippen molar-refractivity contribution in [3.8, 4) is 0 Å². The summed E-state index contributed by atoms with van der Waals surface area (Å²) in [6, 6.07) is 0. The summed E-state index contributed by atoms with van der Waals surface area (Å²) in [5.74, 6) is 0.135. The van der Waals surface area contributed by atoms with Gasteiger partial charge in [-0.1, -0.05) is 13.8 Å². The Bertz CT molecular complexity index is 843. The van der Waals surface area contributed by atoms with E-state index in [4.69, 9.17) is 24.5 Å². The van der Waals surface area contributed by atoms with Crippen molar-refractivity contribution in [2.45, 2.75) is 70.4 Å². The summed E-state index contributed by atoms with van der Waals surface area (Å²) in [4.78, 5) is 26.5. The van der Waals surface area contributed by atoms with Gasteiger partial charge in [-0.05, 0) is 20.8 Å². The highest BCUT2D eigenvalue weighted by Crippen LogP contribution is 2.56. The number of hydrogen-bond donors (Lipinski definition) is 2. The monoisotopic (exact) mass is 417 g/mol. The van der Waals surface area contributed by atoms with Gasteiger partial charge in [-0.15, -0.1) is 0 Å². The zero-order valence-corrected chi connectivity index (χ0v) is 17.6. The van der Waals surface area contributed by atoms with Crippen molar-refractivity contribution < 1.29 is 28.2 Å². The van der Waals surface area contributed by atoms with Crippen LogP contribution in [0.2, 0.25) is 0 Å². The summed E-state index contributed by atoms with van der Waals surface area (Å²) < 4.78 is 37.2. The Balaban J connectivity index is 1.98. The molecule has 2 fully saturated rings. The molecule has 0 radical (unpaired) electrons. The highest BCUT2D eigenvalue weighted by atomic mass is 31.2. The third kappa shape index (κ3) is 3.77. The quantitative estimate of drug-likeness (QED) is 0.627. The molecule has 2 aliphatic rings. The Hall–Kier alpha value is -1.29. The van der Waals surface area contributed by atoms with Crippen molar-refractivity contribution in [2.24, 2.45) is 0 Å². The van der Waals surface area contributed by atoms with Gasteiger partial charge in [0.25, 0.3) is 0 Å². The van der Waals surface area contributed by atoms with E-state index in [2.05, 4.69) is 4.98 Å². The van der Waals surface area contributed by atoms with E-state index in [-0.39, 0.29) is 25.1 Å². The normalized spacial score (nSPS) is 31.6. The van der Waals surface area contributed by atoms with Gasteiger partial charge in [-0.3, -0.25) is 13.7 Å². The summed E-state index contributed by atoms with van der Waals surface area (Å²) in [5, 5.41) is 0. The first-order valence-electron chi connectivity index (χ1n) is 9.24. The first kappa shape index (κ1) is 21.4. The number of fused-ring (bicyclic) bond motifs is 2. The summed E-state index contributed by atoms with van der Waals surface area (Å²) in [7, 11) is -3.92. The van der Waals surface area contributed by atoms with E-state index in [1.54, 1.807) is 20.8 Å². The van der Waals surface area contributed by atoms with Crippen LogP contribution in [0.4, 0.5) is 5.82 Å². The molecule has 0 saturated carbocycles. The highest BCUT2D eigenvalue weighted by molar-refractivity contribution is 7.53. The molecule has 3 heterocycles. The Morgan fingerprint density at radius 2 is 2.14 bits per heavy atom. The molecule has 2 unspecified atom stereocenters. The molecule has 3 N–H and O–H groups in total. The number of aryl methyl sites for hydroxylation is 1. The third-order valence-corrected chi connectivity index (χ3v) is 6.83. The van der Waals surface area contributed by atoms with Gasteiger partial charge in [0.2, 0.25) is 0 Å². The van der Waals surface area contributed by atoms with E-state index >= 15 is 0 Å². The molecule has 2 aliphatic heterocycles. The fourth-order valence-corrected chi connectivity index (χ4v) is 4.11. The molecule has 1 aromatic rings. The van der Waals surface area contributed by atoms with E-state index in [0.29, 0.717) is 5.56 Å². The molecule has 0 amide bonds. The minimum absolute atomic E-state index is 0.0917. The first-order valence-corrected chi connectivity index (χ1v) is 10.9. The smallest absolute Gasteiger partial charge is 0.351 e. The maximum atomic E-state index is 12.6. The van der Waals surface area contributed by atoms with Gasteiger partial charge in [0.15, 0.2) is 6.23 Å². The van der Waals surface area contributed by atoms with Crippen LogP contribution in [0, 0.1) is 6.92 Å². The fraction of sp³-hybridized carbons (Fsp3) is 0.765. The number of anilines is 1. The lowest BCUT2D eigenvalue weighted by molar-refractivity contribution is -0.197. The predicted molar refractivity (Wildman–Crippen MR) is 101 cm³/mol. The average Bonchev–Trinajstić information content (AvgIpc) is 3.08. The molecule has 3 rings (SSSR count). The molecule has 1 aromatic heterocycles. The standard InChI is InChI=1S/C17H28N3O7P/c1-9(2)24-7-17-8-25-12(13(17)27-28(22,23)10(3)4)15(26-17)20-6-11(5)14(18)19-16(20)21/h6,9-10,12-13,15H,7-8H2,1-5H3,(H,22,23)(H2,18,19,21)/t12?,13-,15-,17+/m1/s1. The second-order valence-corrected chi connectivity index (χ2v) is 10.3. The summed E-state index contributed by atoms with van der Waals surface area (Å²) >= 11 is 0. The lowest BCUT2D eigenvalue weighted by atomic mass is 10.0. The zero-order valence-electron chi connectivity index (χ0n) is 16.7. The Kier molecular flexibility index (Phi) is 5.75. The molecule has 2 bridgehead atoms. The molecule has 0 spiro atoms. The average molecular weight is 417 g/mol. The van der Waals surface area contributed by atoms with Crippen LogP contribution in [-0.2, 0) is 23.3 Å². The van der Waals surface area contributed by atoms with Crippen LogP contribution in [0.15, 0.2) is 11.0 Å². The number of nitrogens with two attached hydrogens (primary N) is 1. The zero-order chi connectivity index (χ0) is 20.9. The van der Waals surface area contributed by atoms with Crippen LogP contribution in [0.1, 0.15) is 39.5 Å². The lowest BCUT2D eigenvalue weighted by Gasteiger charge is -2.32. The minimum atomic E-state index is -3.92. The van der Waals surface area contributed by atoms with E-state index in [1.165, 1.54) is 10.8 Å². The van der Waals surface area contributed by atoms with Gasteiger partial charge in [0.1, 0.15) is 23.6 Å². The number of aromatic nitrogens is 2. The van der Waals surface area contributed by atoms with Gasteiger partial charge in [-0.2, -0.15) is 4.98 Å². The van der Waals surface area contributed by atoms with E-state index in [0.717, 1.165) is 0 Å². The summed E-state index contributed by atoms with van der Waals surface area (Å²) in [5.41, 5.74) is 4.00. The Morgan fingerprint density at radius 1 is 1.46 bits per heavy atom. The molecule has 0 aromatic carbocycles. The van der Waals surface area contributed by atoms with Crippen molar-refractivity contribution in [3.63, 3.8) is 0 Å². The van der Waals surface area contributed by atoms with Crippen molar-refractivity contribution in [3.05, 3.63) is 22.2 Å². The Morgan fingerprint density at radius 3 is 2.75 bits per heavy atom. The van der Waals surface area contributed by atoms with Gasteiger partial charge >= 0.3 is 13.3 Å². The largest absolute Gasteiger partial charge is 0.383 e. The summed E-state index contributed by atoms with van der Waals surface area (Å²) in [6.45, 7) is 8.89. The lowest BCUT2D eigenvalue weighted by Crippen LogP contribution is -2.47. The number of nitrogens with zero attached hydrogens (tertiary/aromatic N) is 2. The van der Waals surface area contributed by atoms with E-state index < -0.39 is 43.0 Å². The number of rotatable bonds is 7. The maximum Gasteiger partial charge on any atom is 0.351 e. The van der Waals surface area contributed by atoms with Crippen LogP contribution in [0.5, 0.6) is 0 Å². The maximum absolute atomic E-state index is 12.6. The molecule has 28 heavy (non-hydrogen) atoms. The van der Waals surface area contributed by atoms with Crippen LogP contribution in [0.25, 0.3) is 0 Å². The van der Waals surface area contributed by atoms with Gasteiger partial charge in [-0.25, -0.2) is 4.79 Å². The second-order valence-electron chi connectivity index (χ2n) is 7.89. The molecule has 10 nitrogen and oxygen atoms in total. The predicted octanol–water partition coefficient (Wildman–Crippen LogP) is 1.20. The van der Waals surface area contributed by atoms with Crippen LogP contribution in [0.3, 0.4) is 0 Å². The highest BCUT2D eigenvalue weighted by Gasteiger charge is 2.65. The number of nitrogen functional groups attached to an aromatic ring is 1. The molecular weight excluding hydrogens is 389 g/mol. The SMILES string of the molecule is Cc1cn([C@@H]2O[C@@]3(COC(C)C)COC2[C@H]3OP(=O)(O)C(C)C)c(=O)nc1N. The van der Waals surface area contributed by atoms with E-state index in [1.807, 2.05) is 13.8 Å². The summed E-state index contributed by atoms with van der Waals surface area (Å²) in [6.07, 6.45) is -1.07. The third-order valence-electron chi connectivity index (χ3n) is 5.00. The van der Waals surface area contributed by atoms with E-state index in [9.17, 15) is 14.3 Å². The van der Waals surface area contributed by atoms with Crippen molar-refractivity contribution in [2.75, 3.05) is 18.9 Å². The molecule has 5 atom stereocenters. The van der Waals surface area contributed by atoms with Gasteiger partial charge in [0.05, 0.1) is 25.0 Å². The van der Waals surface area contributed by atoms with Crippen molar-refractivity contribution in [1.82, 2.24) is 9.55 Å². The van der Waals surface area contributed by atoms with Crippen LogP contribution >= 0.6 is 7.60 Å².